The van der Waals surface area contributed by atoms with Crippen molar-refractivity contribution in [2.45, 2.75) is 6.36 Å². The summed E-state index contributed by atoms with van der Waals surface area (Å²) < 4.78 is 51.5. The van der Waals surface area contributed by atoms with Crippen molar-refractivity contribution in [3.63, 3.8) is 0 Å². The Bertz CT molecular complexity index is 896. The number of nitrogens with zero attached hydrogens (tertiary/aromatic N) is 1. The lowest BCUT2D eigenvalue weighted by Crippen LogP contribution is -2.27. The number of carbonyl (C=O) groups excluding carboxylic acids is 2. The summed E-state index contributed by atoms with van der Waals surface area (Å²) in [6.07, 6.45) is 1.03. The Hall–Kier alpha value is -2.02. The Morgan fingerprint density at radius 3 is 2.32 bits per heavy atom. The first-order valence-electron chi connectivity index (χ1n) is 7.38. The number of methoxy groups -OCH3 is 2. The van der Waals surface area contributed by atoms with Gasteiger partial charge in [0.2, 0.25) is 0 Å². The molecule has 2 rings (SSSR count). The van der Waals surface area contributed by atoms with E-state index < -0.39 is 24.1 Å². The van der Waals surface area contributed by atoms with Crippen molar-refractivity contribution in [1.29, 1.82) is 0 Å². The molecule has 0 unspecified atom stereocenters. The molecule has 1 aromatic rings. The van der Waals surface area contributed by atoms with Gasteiger partial charge in [0, 0.05) is 9.77 Å². The Kier molecular flexibility index (Phi) is 7.15. The van der Waals surface area contributed by atoms with Crippen molar-refractivity contribution >= 4 is 56.1 Å². The van der Waals surface area contributed by atoms with E-state index in [2.05, 4.69) is 20.7 Å². The molecule has 0 spiro atoms. The van der Waals surface area contributed by atoms with E-state index in [1.54, 1.807) is 28.7 Å². The zero-order valence-corrected chi connectivity index (χ0v) is 18.1. The van der Waals surface area contributed by atoms with Crippen molar-refractivity contribution in [2.75, 3.05) is 19.1 Å². The van der Waals surface area contributed by atoms with Crippen LogP contribution in [0.4, 0.5) is 18.9 Å². The minimum atomic E-state index is -4.87. The smallest absolute Gasteiger partial charge is 0.465 e. The molecule has 0 saturated carbocycles. The van der Waals surface area contributed by atoms with Crippen molar-refractivity contribution in [3.05, 3.63) is 55.9 Å². The molecule has 0 aliphatic carbocycles. The third kappa shape index (κ3) is 5.07. The number of hydrogen-bond donors (Lipinski definition) is 0. The molecule has 0 radical (unpaired) electrons. The predicted molar refractivity (Wildman–Crippen MR) is 105 cm³/mol. The Balaban J connectivity index is 2.65. The lowest BCUT2D eigenvalue weighted by molar-refractivity contribution is -0.274. The molecule has 0 aromatic heterocycles. The first-order valence-corrected chi connectivity index (χ1v) is 9.26. The minimum absolute atomic E-state index is 0.00493. The Morgan fingerprint density at radius 2 is 1.75 bits per heavy atom. The van der Waals surface area contributed by atoms with Crippen LogP contribution in [-0.2, 0) is 19.1 Å². The molecule has 0 saturated heterocycles. The van der Waals surface area contributed by atoms with E-state index in [4.69, 9.17) is 9.47 Å². The largest absolute Gasteiger partial charge is 0.573 e. The average Bonchev–Trinajstić information content (AvgIpc) is 2.84. The summed E-state index contributed by atoms with van der Waals surface area (Å²) in [6.45, 7) is 0. The number of esters is 2. The Morgan fingerprint density at radius 1 is 1.11 bits per heavy atom. The summed E-state index contributed by atoms with van der Waals surface area (Å²) in [7, 11) is 2.30. The first kappa shape index (κ1) is 22.3. The van der Waals surface area contributed by atoms with Crippen LogP contribution < -0.4 is 9.64 Å². The van der Waals surface area contributed by atoms with E-state index >= 15 is 0 Å². The zero-order valence-electron chi connectivity index (χ0n) is 14.3. The van der Waals surface area contributed by atoms with Gasteiger partial charge < -0.3 is 19.1 Å². The number of alkyl halides is 3. The number of allylic oxidation sites excluding steroid dienone is 2. The molecular weight excluding hydrogens is 562 g/mol. The normalized spacial score (nSPS) is 14.0. The van der Waals surface area contributed by atoms with Crippen LogP contribution in [0.15, 0.2) is 52.3 Å². The molecule has 0 fully saturated rings. The number of benzene rings is 1. The van der Waals surface area contributed by atoms with Gasteiger partial charge in [0.15, 0.2) is 0 Å². The third-order valence-corrected chi connectivity index (χ3v) is 4.86. The molecule has 0 atom stereocenters. The maximum atomic E-state index is 12.6. The maximum Gasteiger partial charge on any atom is 0.573 e. The predicted octanol–water partition coefficient (Wildman–Crippen LogP) is 4.44. The van der Waals surface area contributed by atoms with Gasteiger partial charge in [-0.15, -0.1) is 13.2 Å². The van der Waals surface area contributed by atoms with Gasteiger partial charge in [0.25, 0.3) is 0 Å². The molecule has 28 heavy (non-hydrogen) atoms. The highest BCUT2D eigenvalue weighted by Crippen LogP contribution is 2.39. The van der Waals surface area contributed by atoms with E-state index in [1.807, 2.05) is 0 Å². The SMILES string of the molecule is COC(=O)C1=C(C(=O)OC)N(c2cc(Br)c(OC(F)(F)F)cc2I)C=CC=C1. The van der Waals surface area contributed by atoms with Crippen molar-refractivity contribution < 1.29 is 37.0 Å². The topological polar surface area (TPSA) is 65.1 Å². The summed E-state index contributed by atoms with van der Waals surface area (Å²) in [5.41, 5.74) is 0.0688. The van der Waals surface area contributed by atoms with Gasteiger partial charge in [0.1, 0.15) is 11.4 Å². The van der Waals surface area contributed by atoms with E-state index in [9.17, 15) is 22.8 Å². The van der Waals surface area contributed by atoms with Crippen LogP contribution in [0.25, 0.3) is 0 Å². The van der Waals surface area contributed by atoms with Gasteiger partial charge in [-0.1, -0.05) is 6.08 Å². The monoisotopic (exact) mass is 573 g/mol. The standard InChI is InChI=1S/C17H12BrF3INO5/c1-26-15(24)9-5-3-4-6-23(14(9)16(25)27-2)12-7-10(18)13(8-11(12)22)28-17(19,20)21/h3-8H,1-2H3. The highest BCUT2D eigenvalue weighted by molar-refractivity contribution is 14.1. The van der Waals surface area contributed by atoms with E-state index in [-0.39, 0.29) is 15.7 Å². The number of ether oxygens (including phenoxy) is 3. The summed E-state index contributed by atoms with van der Waals surface area (Å²) in [5, 5.41) is 0. The fourth-order valence-corrected chi connectivity index (χ4v) is 3.37. The fraction of sp³-hybridized carbons (Fsp3) is 0.176. The molecule has 0 N–H and O–H groups in total. The van der Waals surface area contributed by atoms with Gasteiger partial charge >= 0.3 is 18.3 Å². The molecule has 1 heterocycles. The lowest BCUT2D eigenvalue weighted by Gasteiger charge is -2.25. The van der Waals surface area contributed by atoms with Crippen LogP contribution in [0.1, 0.15) is 0 Å². The molecular formula is C17H12BrF3INO5. The number of rotatable bonds is 4. The van der Waals surface area contributed by atoms with Crippen LogP contribution in [0.3, 0.4) is 0 Å². The molecule has 150 valence electrons. The van der Waals surface area contributed by atoms with Crippen LogP contribution in [0, 0.1) is 3.57 Å². The van der Waals surface area contributed by atoms with Crippen LogP contribution in [0.2, 0.25) is 0 Å². The van der Waals surface area contributed by atoms with E-state index in [0.29, 0.717) is 9.26 Å². The number of halogens is 5. The summed E-state index contributed by atoms with van der Waals surface area (Å²) >= 11 is 4.83. The van der Waals surface area contributed by atoms with Crippen LogP contribution >= 0.6 is 38.5 Å². The van der Waals surface area contributed by atoms with Crippen molar-refractivity contribution in [3.8, 4) is 5.75 Å². The molecule has 0 amide bonds. The second-order valence-corrected chi connectivity index (χ2v) is 7.11. The summed E-state index contributed by atoms with van der Waals surface area (Å²) in [5.74, 6) is -2.06. The van der Waals surface area contributed by atoms with E-state index in [0.717, 1.165) is 20.3 Å². The van der Waals surface area contributed by atoms with Gasteiger partial charge in [-0.25, -0.2) is 9.59 Å². The second-order valence-electron chi connectivity index (χ2n) is 5.10. The molecule has 1 aliphatic heterocycles. The molecule has 0 bridgehead atoms. The van der Waals surface area contributed by atoms with Crippen molar-refractivity contribution in [2.24, 2.45) is 0 Å². The number of anilines is 1. The maximum absolute atomic E-state index is 12.6. The first-order chi connectivity index (χ1) is 13.1. The molecule has 11 heteroatoms. The average molecular weight is 574 g/mol. The quantitative estimate of drug-likeness (QED) is 0.392. The number of carbonyl (C=O) groups is 2. The minimum Gasteiger partial charge on any atom is -0.465 e. The van der Waals surface area contributed by atoms with Crippen molar-refractivity contribution in [1.82, 2.24) is 0 Å². The highest BCUT2D eigenvalue weighted by Gasteiger charge is 2.33. The number of hydrogen-bond acceptors (Lipinski definition) is 6. The highest BCUT2D eigenvalue weighted by atomic mass is 127. The summed E-state index contributed by atoms with van der Waals surface area (Å²) in [4.78, 5) is 25.9. The second kappa shape index (κ2) is 8.99. The molecule has 6 nitrogen and oxygen atoms in total. The van der Waals surface area contributed by atoms with Crippen LogP contribution in [0.5, 0.6) is 5.75 Å². The molecule has 1 aromatic carbocycles. The van der Waals surface area contributed by atoms with Gasteiger partial charge in [-0.2, -0.15) is 0 Å². The van der Waals surface area contributed by atoms with Crippen LogP contribution in [-0.4, -0.2) is 32.5 Å². The Labute approximate surface area is 179 Å². The fourth-order valence-electron chi connectivity index (χ4n) is 2.26. The van der Waals surface area contributed by atoms with E-state index in [1.165, 1.54) is 29.3 Å². The summed E-state index contributed by atoms with van der Waals surface area (Å²) in [6, 6.07) is 2.47. The third-order valence-electron chi connectivity index (χ3n) is 3.38. The van der Waals surface area contributed by atoms with Gasteiger partial charge in [0.05, 0.1) is 30.0 Å². The molecule has 1 aliphatic rings. The lowest BCUT2D eigenvalue weighted by atomic mass is 10.1. The zero-order chi connectivity index (χ0) is 21.1. The van der Waals surface area contributed by atoms with Gasteiger partial charge in [-0.05, 0) is 62.8 Å². The van der Waals surface area contributed by atoms with Gasteiger partial charge in [-0.3, -0.25) is 0 Å².